The lowest BCUT2D eigenvalue weighted by Gasteiger charge is -2.25. The van der Waals surface area contributed by atoms with Crippen molar-refractivity contribution < 1.29 is 9.59 Å². The molecule has 1 aromatic heterocycles. The van der Waals surface area contributed by atoms with Gasteiger partial charge in [0.1, 0.15) is 0 Å². The van der Waals surface area contributed by atoms with Crippen LogP contribution in [-0.4, -0.2) is 47.0 Å². The van der Waals surface area contributed by atoms with Crippen LogP contribution >= 0.6 is 0 Å². The van der Waals surface area contributed by atoms with Crippen molar-refractivity contribution in [2.24, 2.45) is 13.0 Å². The van der Waals surface area contributed by atoms with E-state index in [0.29, 0.717) is 25.3 Å². The number of aromatic nitrogens is 1. The Balaban J connectivity index is 1.46. The first kappa shape index (κ1) is 20.9. The number of aryl methyl sites for hydroxylation is 1. The van der Waals surface area contributed by atoms with Gasteiger partial charge >= 0.3 is 0 Å². The van der Waals surface area contributed by atoms with E-state index in [0.717, 1.165) is 32.4 Å². The normalized spacial score (nSPS) is 21.5. The first-order valence-electron chi connectivity index (χ1n) is 11.3. The van der Waals surface area contributed by atoms with Crippen LogP contribution in [0.2, 0.25) is 0 Å². The molecule has 1 fully saturated rings. The van der Waals surface area contributed by atoms with Crippen molar-refractivity contribution in [1.82, 2.24) is 20.1 Å². The number of nitrogens with one attached hydrogen (secondary N) is 2. The van der Waals surface area contributed by atoms with Crippen molar-refractivity contribution >= 4 is 22.7 Å². The highest BCUT2D eigenvalue weighted by molar-refractivity contribution is 5.90. The lowest BCUT2D eigenvalue weighted by atomic mass is 9.94. The summed E-state index contributed by atoms with van der Waals surface area (Å²) in [5, 5.41) is 8.08. The summed E-state index contributed by atoms with van der Waals surface area (Å²) in [7, 11) is 2.08. The average Bonchev–Trinajstić information content (AvgIpc) is 3.21. The molecule has 0 aliphatic carbocycles. The molecule has 162 valence electrons. The van der Waals surface area contributed by atoms with Crippen LogP contribution in [0.25, 0.3) is 10.9 Å². The van der Waals surface area contributed by atoms with Gasteiger partial charge in [-0.05, 0) is 48.8 Å². The highest BCUT2D eigenvalue weighted by Crippen LogP contribution is 2.35. The van der Waals surface area contributed by atoms with Gasteiger partial charge in [0.15, 0.2) is 0 Å². The summed E-state index contributed by atoms with van der Waals surface area (Å²) < 4.78 is 2.17. The summed E-state index contributed by atoms with van der Waals surface area (Å²) in [6, 6.07) is 6.40. The van der Waals surface area contributed by atoms with Crippen LogP contribution in [0.3, 0.4) is 0 Å². The number of hydrogen-bond acceptors (Lipinski definition) is 3. The quantitative estimate of drug-likeness (QED) is 0.690. The summed E-state index contributed by atoms with van der Waals surface area (Å²) in [6.45, 7) is 6.65. The number of hydrogen-bond donors (Lipinski definition) is 2. The molecule has 2 amide bonds. The van der Waals surface area contributed by atoms with Crippen molar-refractivity contribution in [2.45, 2.75) is 58.0 Å². The third-order valence-corrected chi connectivity index (χ3v) is 6.43. The predicted octanol–water partition coefficient (Wildman–Crippen LogP) is 2.91. The second kappa shape index (κ2) is 8.80. The van der Waals surface area contributed by atoms with Crippen molar-refractivity contribution in [3.05, 3.63) is 35.5 Å². The number of carbonyl (C=O) groups excluding carboxylic acids is 2. The van der Waals surface area contributed by atoms with Gasteiger partial charge in [0, 0.05) is 56.2 Å². The van der Waals surface area contributed by atoms with E-state index >= 15 is 0 Å². The number of nitrogens with zero attached hydrogens (tertiary/aromatic N) is 2. The SMILES string of the molecule is CC(C)CC1NC(C(=O)NCCCN2CCCC2=O)Cc2cn(C)c3cccc1c23. The van der Waals surface area contributed by atoms with Crippen LogP contribution in [0.4, 0.5) is 0 Å². The van der Waals surface area contributed by atoms with Crippen LogP contribution in [-0.2, 0) is 23.1 Å². The molecule has 0 spiro atoms. The zero-order valence-electron chi connectivity index (χ0n) is 18.4. The van der Waals surface area contributed by atoms with E-state index in [1.165, 1.54) is 22.0 Å². The monoisotopic (exact) mass is 410 g/mol. The molecule has 2 aromatic rings. The van der Waals surface area contributed by atoms with Gasteiger partial charge in [-0.1, -0.05) is 26.0 Å². The van der Waals surface area contributed by atoms with Crippen molar-refractivity contribution in [3.8, 4) is 0 Å². The zero-order chi connectivity index (χ0) is 21.3. The van der Waals surface area contributed by atoms with Gasteiger partial charge in [0.25, 0.3) is 0 Å². The molecular formula is C24H34N4O2. The van der Waals surface area contributed by atoms with Gasteiger partial charge in [-0.25, -0.2) is 0 Å². The molecule has 2 aliphatic heterocycles. The smallest absolute Gasteiger partial charge is 0.237 e. The van der Waals surface area contributed by atoms with Gasteiger partial charge < -0.3 is 14.8 Å². The predicted molar refractivity (Wildman–Crippen MR) is 119 cm³/mol. The molecule has 2 unspecified atom stereocenters. The molecule has 0 bridgehead atoms. The minimum absolute atomic E-state index is 0.0568. The Morgan fingerprint density at radius 2 is 2.17 bits per heavy atom. The zero-order valence-corrected chi connectivity index (χ0v) is 18.4. The molecule has 30 heavy (non-hydrogen) atoms. The molecule has 3 heterocycles. The largest absolute Gasteiger partial charge is 0.355 e. The average molecular weight is 411 g/mol. The second-order valence-corrected chi connectivity index (χ2v) is 9.24. The van der Waals surface area contributed by atoms with Crippen LogP contribution in [0.15, 0.2) is 24.4 Å². The maximum Gasteiger partial charge on any atom is 0.237 e. The molecule has 2 N–H and O–H groups in total. The Kier molecular flexibility index (Phi) is 6.14. The Morgan fingerprint density at radius 3 is 2.90 bits per heavy atom. The number of benzene rings is 1. The van der Waals surface area contributed by atoms with E-state index in [2.05, 4.69) is 60.5 Å². The van der Waals surface area contributed by atoms with Crippen molar-refractivity contribution in [1.29, 1.82) is 0 Å². The highest BCUT2D eigenvalue weighted by atomic mass is 16.2. The van der Waals surface area contributed by atoms with Gasteiger partial charge in [0.05, 0.1) is 6.04 Å². The maximum absolute atomic E-state index is 13.1. The van der Waals surface area contributed by atoms with Gasteiger partial charge in [-0.3, -0.25) is 14.9 Å². The van der Waals surface area contributed by atoms with E-state index in [1.807, 2.05) is 4.90 Å². The first-order valence-corrected chi connectivity index (χ1v) is 11.3. The van der Waals surface area contributed by atoms with Crippen LogP contribution in [0.5, 0.6) is 0 Å². The summed E-state index contributed by atoms with van der Waals surface area (Å²) in [4.78, 5) is 26.7. The molecule has 0 radical (unpaired) electrons. The molecule has 6 heteroatoms. The Morgan fingerprint density at radius 1 is 1.33 bits per heavy atom. The fourth-order valence-electron chi connectivity index (χ4n) is 5.01. The fraction of sp³-hybridized carbons (Fsp3) is 0.583. The first-order chi connectivity index (χ1) is 14.4. The molecule has 6 nitrogen and oxygen atoms in total. The maximum atomic E-state index is 13.1. The number of rotatable bonds is 7. The number of amides is 2. The molecule has 0 saturated carbocycles. The summed E-state index contributed by atoms with van der Waals surface area (Å²) in [5.74, 6) is 0.834. The Hall–Kier alpha value is -2.34. The number of carbonyl (C=O) groups is 2. The fourth-order valence-corrected chi connectivity index (χ4v) is 5.01. The summed E-state index contributed by atoms with van der Waals surface area (Å²) in [5.41, 5.74) is 3.78. The van der Waals surface area contributed by atoms with Crippen LogP contribution in [0, 0.1) is 5.92 Å². The van der Waals surface area contributed by atoms with Gasteiger partial charge in [-0.2, -0.15) is 0 Å². The Labute approximate surface area is 179 Å². The van der Waals surface area contributed by atoms with Gasteiger partial charge in [0.2, 0.25) is 11.8 Å². The van der Waals surface area contributed by atoms with E-state index in [1.54, 1.807) is 0 Å². The van der Waals surface area contributed by atoms with Crippen LogP contribution in [0.1, 0.15) is 56.7 Å². The van der Waals surface area contributed by atoms with E-state index in [-0.39, 0.29) is 23.9 Å². The van der Waals surface area contributed by atoms with E-state index < -0.39 is 0 Å². The molecule has 1 saturated heterocycles. The topological polar surface area (TPSA) is 66.4 Å². The standard InChI is InChI=1S/C24H34N4O2/c1-16(2)13-19-18-7-4-8-21-23(18)17(15-27(21)3)14-20(26-19)24(30)25-10-6-12-28-11-5-9-22(28)29/h4,7-8,15-16,19-20,26H,5-6,9-14H2,1-3H3,(H,25,30). The molecular weight excluding hydrogens is 376 g/mol. The lowest BCUT2D eigenvalue weighted by molar-refractivity contribution is -0.127. The third-order valence-electron chi connectivity index (χ3n) is 6.43. The molecule has 4 rings (SSSR count). The number of likely N-dealkylation sites (tertiary alicyclic amines) is 1. The molecule has 2 atom stereocenters. The molecule has 2 aliphatic rings. The minimum atomic E-state index is -0.250. The molecule has 1 aromatic carbocycles. The van der Waals surface area contributed by atoms with Crippen molar-refractivity contribution in [3.63, 3.8) is 0 Å². The Bertz CT molecular complexity index is 933. The highest BCUT2D eigenvalue weighted by Gasteiger charge is 2.30. The van der Waals surface area contributed by atoms with Crippen molar-refractivity contribution in [2.75, 3.05) is 19.6 Å². The van der Waals surface area contributed by atoms with E-state index in [9.17, 15) is 9.59 Å². The van der Waals surface area contributed by atoms with Crippen LogP contribution < -0.4 is 10.6 Å². The third kappa shape index (κ3) is 4.24. The second-order valence-electron chi connectivity index (χ2n) is 9.24. The van der Waals surface area contributed by atoms with Gasteiger partial charge in [-0.15, -0.1) is 0 Å². The summed E-state index contributed by atoms with van der Waals surface area (Å²) in [6.07, 6.45) is 6.29. The minimum Gasteiger partial charge on any atom is -0.355 e. The summed E-state index contributed by atoms with van der Waals surface area (Å²) >= 11 is 0. The lowest BCUT2D eigenvalue weighted by Crippen LogP contribution is -2.47. The van der Waals surface area contributed by atoms with E-state index in [4.69, 9.17) is 0 Å².